The summed E-state index contributed by atoms with van der Waals surface area (Å²) in [6.07, 6.45) is 0. The minimum absolute atomic E-state index is 0.0182. The Morgan fingerprint density at radius 1 is 1.00 bits per heavy atom. The molecule has 3 nitrogen and oxygen atoms in total. The first-order valence-corrected chi connectivity index (χ1v) is 8.45. The highest BCUT2D eigenvalue weighted by atomic mass is 35.5. The zero-order valence-corrected chi connectivity index (χ0v) is 14.6. The molecule has 0 N–H and O–H groups in total. The summed E-state index contributed by atoms with van der Waals surface area (Å²) in [4.78, 5) is 12.3. The quantitative estimate of drug-likeness (QED) is 0.347. The second-order valence-electron chi connectivity index (χ2n) is 5.99. The highest BCUT2D eigenvalue weighted by molar-refractivity contribution is 6.31. The first-order chi connectivity index (χ1) is 12.6. The van der Waals surface area contributed by atoms with Crippen molar-refractivity contribution in [2.24, 2.45) is 0 Å². The van der Waals surface area contributed by atoms with E-state index in [1.807, 2.05) is 18.2 Å². The summed E-state index contributed by atoms with van der Waals surface area (Å²) in [6, 6.07) is 15.4. The average molecular weight is 369 g/mol. The van der Waals surface area contributed by atoms with Crippen LogP contribution < -0.4 is 10.4 Å². The number of aryl methyl sites for hydroxylation is 1. The Hall–Kier alpha value is -2.85. The topological polar surface area (TPSA) is 39.4 Å². The van der Waals surface area contributed by atoms with E-state index in [0.717, 1.165) is 10.8 Å². The summed E-state index contributed by atoms with van der Waals surface area (Å²) in [5.74, 6) is 0.0868. The standard InChI is InChI=1S/C21H14ClFO3/c1-12-19(25-11-16-17(22)7-4-8-18(16)23)10-9-14-13-5-2-3-6-15(13)21(24)26-20(12)14/h2-10H,11H2,1H3. The van der Waals surface area contributed by atoms with Gasteiger partial charge in [-0.3, -0.25) is 0 Å². The first-order valence-electron chi connectivity index (χ1n) is 8.07. The van der Waals surface area contributed by atoms with Gasteiger partial charge in [0.05, 0.1) is 10.4 Å². The fourth-order valence-corrected chi connectivity index (χ4v) is 3.25. The molecule has 0 aliphatic carbocycles. The molecule has 3 aromatic carbocycles. The normalized spacial score (nSPS) is 11.2. The molecule has 4 aromatic rings. The van der Waals surface area contributed by atoms with Crippen LogP contribution in [0.3, 0.4) is 0 Å². The van der Waals surface area contributed by atoms with Crippen LogP contribution in [0.4, 0.5) is 4.39 Å². The molecule has 1 heterocycles. The summed E-state index contributed by atoms with van der Waals surface area (Å²) >= 11 is 6.04. The molecule has 26 heavy (non-hydrogen) atoms. The SMILES string of the molecule is Cc1c(OCc2c(F)cccc2Cl)ccc2c1oc(=O)c1ccccc12. The zero-order valence-electron chi connectivity index (χ0n) is 13.9. The number of benzene rings is 3. The molecule has 4 rings (SSSR count). The van der Waals surface area contributed by atoms with E-state index in [2.05, 4.69) is 0 Å². The molecule has 0 aliphatic rings. The van der Waals surface area contributed by atoms with Crippen LogP contribution in [-0.4, -0.2) is 0 Å². The Kier molecular flexibility index (Phi) is 4.13. The Bertz CT molecular complexity index is 1180. The minimum Gasteiger partial charge on any atom is -0.488 e. The van der Waals surface area contributed by atoms with E-state index >= 15 is 0 Å². The van der Waals surface area contributed by atoms with Gasteiger partial charge in [0.1, 0.15) is 23.8 Å². The summed E-state index contributed by atoms with van der Waals surface area (Å²) in [5, 5.41) is 2.49. The fourth-order valence-electron chi connectivity index (χ4n) is 3.04. The van der Waals surface area contributed by atoms with Gasteiger partial charge in [-0.1, -0.05) is 35.9 Å². The van der Waals surface area contributed by atoms with Gasteiger partial charge in [0.25, 0.3) is 0 Å². The highest BCUT2D eigenvalue weighted by Crippen LogP contribution is 2.31. The molecule has 0 radical (unpaired) electrons. The Morgan fingerprint density at radius 2 is 1.77 bits per heavy atom. The molecule has 0 saturated heterocycles. The predicted molar refractivity (Wildman–Crippen MR) is 100 cm³/mol. The Morgan fingerprint density at radius 3 is 2.54 bits per heavy atom. The Balaban J connectivity index is 1.79. The lowest BCUT2D eigenvalue weighted by atomic mass is 10.0. The molecule has 130 valence electrons. The van der Waals surface area contributed by atoms with Gasteiger partial charge in [-0.25, -0.2) is 9.18 Å². The minimum atomic E-state index is -0.423. The third-order valence-electron chi connectivity index (χ3n) is 4.42. The van der Waals surface area contributed by atoms with Crippen molar-refractivity contribution in [3.8, 4) is 5.75 Å². The summed E-state index contributed by atoms with van der Waals surface area (Å²) in [7, 11) is 0. The molecule has 0 bridgehead atoms. The highest BCUT2D eigenvalue weighted by Gasteiger charge is 2.14. The Labute approximate surface area is 153 Å². The van der Waals surface area contributed by atoms with E-state index in [4.69, 9.17) is 20.8 Å². The van der Waals surface area contributed by atoms with Crippen LogP contribution in [0.2, 0.25) is 5.02 Å². The average Bonchev–Trinajstić information content (AvgIpc) is 2.64. The molecule has 0 aliphatic heterocycles. The largest absolute Gasteiger partial charge is 0.488 e. The molecule has 0 fully saturated rings. The van der Waals surface area contributed by atoms with Gasteiger partial charge in [0.2, 0.25) is 0 Å². The maximum atomic E-state index is 13.9. The summed E-state index contributed by atoms with van der Waals surface area (Å²) in [5.41, 5.74) is 1.03. The van der Waals surface area contributed by atoms with E-state index in [1.165, 1.54) is 6.07 Å². The number of hydrogen-bond acceptors (Lipinski definition) is 3. The lowest BCUT2D eigenvalue weighted by Gasteiger charge is -2.13. The lowest BCUT2D eigenvalue weighted by Crippen LogP contribution is -2.03. The molecular weight excluding hydrogens is 355 g/mol. The molecule has 5 heteroatoms. The molecule has 0 unspecified atom stereocenters. The van der Waals surface area contributed by atoms with Crippen LogP contribution in [0.15, 0.2) is 63.8 Å². The zero-order chi connectivity index (χ0) is 18.3. The van der Waals surface area contributed by atoms with Crippen LogP contribution in [0, 0.1) is 12.7 Å². The van der Waals surface area contributed by atoms with E-state index in [0.29, 0.717) is 27.3 Å². The van der Waals surface area contributed by atoms with Crippen LogP contribution >= 0.6 is 11.6 Å². The van der Waals surface area contributed by atoms with Crippen molar-refractivity contribution < 1.29 is 13.5 Å². The van der Waals surface area contributed by atoms with Crippen LogP contribution in [0.25, 0.3) is 21.7 Å². The van der Waals surface area contributed by atoms with Crippen molar-refractivity contribution in [2.45, 2.75) is 13.5 Å². The van der Waals surface area contributed by atoms with Crippen molar-refractivity contribution in [3.05, 3.63) is 87.0 Å². The third-order valence-corrected chi connectivity index (χ3v) is 4.78. The van der Waals surface area contributed by atoms with Crippen LogP contribution in [-0.2, 0) is 6.61 Å². The van der Waals surface area contributed by atoms with Gasteiger partial charge in [0, 0.05) is 16.5 Å². The van der Waals surface area contributed by atoms with Crippen molar-refractivity contribution in [1.82, 2.24) is 0 Å². The molecular formula is C21H14ClFO3. The van der Waals surface area contributed by atoms with Gasteiger partial charge in [0.15, 0.2) is 0 Å². The number of rotatable bonds is 3. The molecule has 0 saturated carbocycles. The molecule has 0 amide bonds. The predicted octanol–water partition coefficient (Wildman–Crippen LogP) is 5.63. The number of halogens is 2. The van der Waals surface area contributed by atoms with E-state index in [1.54, 1.807) is 37.3 Å². The molecule has 1 aromatic heterocycles. The molecule has 0 atom stereocenters. The summed E-state index contributed by atoms with van der Waals surface area (Å²) in [6.45, 7) is 1.79. The first kappa shape index (κ1) is 16.6. The fraction of sp³-hybridized carbons (Fsp3) is 0.0952. The lowest BCUT2D eigenvalue weighted by molar-refractivity contribution is 0.298. The van der Waals surface area contributed by atoms with Gasteiger partial charge in [-0.05, 0) is 42.6 Å². The van der Waals surface area contributed by atoms with Gasteiger partial charge in [-0.15, -0.1) is 0 Å². The molecule has 0 spiro atoms. The van der Waals surface area contributed by atoms with Crippen molar-refractivity contribution in [2.75, 3.05) is 0 Å². The smallest absolute Gasteiger partial charge is 0.344 e. The van der Waals surface area contributed by atoms with Crippen LogP contribution in [0.1, 0.15) is 11.1 Å². The van der Waals surface area contributed by atoms with E-state index in [-0.39, 0.29) is 12.2 Å². The maximum absolute atomic E-state index is 13.9. The van der Waals surface area contributed by atoms with Gasteiger partial charge < -0.3 is 9.15 Å². The second-order valence-corrected chi connectivity index (χ2v) is 6.40. The number of fused-ring (bicyclic) bond motifs is 3. The van der Waals surface area contributed by atoms with Gasteiger partial charge in [-0.2, -0.15) is 0 Å². The maximum Gasteiger partial charge on any atom is 0.344 e. The monoisotopic (exact) mass is 368 g/mol. The van der Waals surface area contributed by atoms with Crippen molar-refractivity contribution in [3.63, 3.8) is 0 Å². The van der Waals surface area contributed by atoms with Crippen LogP contribution in [0.5, 0.6) is 5.75 Å². The number of hydrogen-bond donors (Lipinski definition) is 0. The number of ether oxygens (including phenoxy) is 1. The van der Waals surface area contributed by atoms with Crippen molar-refractivity contribution >= 4 is 33.3 Å². The van der Waals surface area contributed by atoms with Crippen molar-refractivity contribution in [1.29, 1.82) is 0 Å². The van der Waals surface area contributed by atoms with E-state index < -0.39 is 11.4 Å². The van der Waals surface area contributed by atoms with E-state index in [9.17, 15) is 9.18 Å². The van der Waals surface area contributed by atoms with Gasteiger partial charge >= 0.3 is 5.63 Å². The second kappa shape index (κ2) is 6.46. The third kappa shape index (κ3) is 2.72. The summed E-state index contributed by atoms with van der Waals surface area (Å²) < 4.78 is 25.2.